The van der Waals surface area contributed by atoms with Gasteiger partial charge in [0, 0.05) is 22.3 Å². The van der Waals surface area contributed by atoms with Gasteiger partial charge in [-0.1, -0.05) is 24.3 Å². The zero-order chi connectivity index (χ0) is 15.3. The van der Waals surface area contributed by atoms with Crippen molar-refractivity contribution in [3.8, 4) is 5.75 Å². The number of hydrogen-bond donors (Lipinski definition) is 1. The molecular weight excluding hydrogens is 268 g/mol. The van der Waals surface area contributed by atoms with Gasteiger partial charge >= 0.3 is 0 Å². The quantitative estimate of drug-likeness (QED) is 0.696. The minimum Gasteiger partial charge on any atom is -0.507 e. The SMILES string of the molecule is CC(=O)c1cccc2c1C(=O)c1c(O)ccc(C)c1C2=O. The second-order valence-corrected chi connectivity index (χ2v) is 5.09. The Labute approximate surface area is 121 Å². The van der Waals surface area contributed by atoms with Crippen LogP contribution in [0, 0.1) is 6.92 Å². The van der Waals surface area contributed by atoms with Crippen molar-refractivity contribution in [2.45, 2.75) is 13.8 Å². The van der Waals surface area contributed by atoms with Gasteiger partial charge in [-0.25, -0.2) is 0 Å². The number of aromatic hydroxyl groups is 1. The van der Waals surface area contributed by atoms with E-state index in [1.165, 1.54) is 25.1 Å². The van der Waals surface area contributed by atoms with E-state index in [4.69, 9.17) is 0 Å². The molecule has 0 heterocycles. The smallest absolute Gasteiger partial charge is 0.198 e. The van der Waals surface area contributed by atoms with Crippen LogP contribution < -0.4 is 0 Å². The Hall–Kier alpha value is -2.75. The van der Waals surface area contributed by atoms with Crippen molar-refractivity contribution >= 4 is 17.3 Å². The van der Waals surface area contributed by atoms with Crippen LogP contribution in [0.25, 0.3) is 0 Å². The summed E-state index contributed by atoms with van der Waals surface area (Å²) in [7, 11) is 0. The number of aryl methyl sites for hydroxylation is 1. The highest BCUT2D eigenvalue weighted by Gasteiger charge is 2.35. The summed E-state index contributed by atoms with van der Waals surface area (Å²) in [5.74, 6) is -1.34. The van der Waals surface area contributed by atoms with Gasteiger partial charge in [0.25, 0.3) is 0 Å². The third-order valence-corrected chi connectivity index (χ3v) is 3.76. The largest absolute Gasteiger partial charge is 0.507 e. The maximum absolute atomic E-state index is 12.7. The number of carbonyl (C=O) groups is 3. The Morgan fingerprint density at radius 1 is 0.952 bits per heavy atom. The molecule has 0 aliphatic heterocycles. The van der Waals surface area contributed by atoms with Crippen LogP contribution in [0.3, 0.4) is 0 Å². The fraction of sp³-hybridized carbons (Fsp3) is 0.118. The minimum atomic E-state index is -0.480. The summed E-state index contributed by atoms with van der Waals surface area (Å²) in [5.41, 5.74) is 1.34. The minimum absolute atomic E-state index is 0.0128. The molecule has 4 heteroatoms. The predicted molar refractivity (Wildman–Crippen MR) is 76.2 cm³/mol. The van der Waals surface area contributed by atoms with Gasteiger partial charge in [0.15, 0.2) is 17.3 Å². The molecule has 0 fully saturated rings. The lowest BCUT2D eigenvalue weighted by molar-refractivity contribution is 0.0964. The van der Waals surface area contributed by atoms with E-state index < -0.39 is 5.78 Å². The van der Waals surface area contributed by atoms with Gasteiger partial charge in [0.1, 0.15) is 5.75 Å². The number of benzene rings is 2. The van der Waals surface area contributed by atoms with E-state index in [1.807, 2.05) is 0 Å². The highest BCUT2D eigenvalue weighted by atomic mass is 16.3. The van der Waals surface area contributed by atoms with Crippen LogP contribution in [0.1, 0.15) is 54.7 Å². The number of fused-ring (bicyclic) bond motifs is 2. The molecule has 2 aromatic rings. The van der Waals surface area contributed by atoms with E-state index >= 15 is 0 Å². The predicted octanol–water partition coefficient (Wildman–Crippen LogP) is 2.68. The van der Waals surface area contributed by atoms with Crippen LogP contribution in [0.5, 0.6) is 5.75 Å². The molecule has 0 radical (unpaired) electrons. The van der Waals surface area contributed by atoms with Crippen molar-refractivity contribution in [2.24, 2.45) is 0 Å². The van der Waals surface area contributed by atoms with Gasteiger partial charge < -0.3 is 5.11 Å². The van der Waals surface area contributed by atoms with E-state index in [-0.39, 0.29) is 45.1 Å². The molecule has 3 rings (SSSR count). The Kier molecular flexibility index (Phi) is 2.76. The normalized spacial score (nSPS) is 12.9. The molecule has 0 saturated heterocycles. The molecule has 0 amide bonds. The van der Waals surface area contributed by atoms with Crippen molar-refractivity contribution in [1.82, 2.24) is 0 Å². The Balaban J connectivity index is 2.42. The lowest BCUT2D eigenvalue weighted by Crippen LogP contribution is -2.24. The van der Waals surface area contributed by atoms with Gasteiger partial charge in [0.2, 0.25) is 0 Å². The van der Waals surface area contributed by atoms with Crippen LogP contribution in [0.4, 0.5) is 0 Å². The van der Waals surface area contributed by atoms with Crippen LogP contribution in [0.15, 0.2) is 30.3 Å². The zero-order valence-electron chi connectivity index (χ0n) is 11.6. The first-order chi connectivity index (χ1) is 9.93. The maximum Gasteiger partial charge on any atom is 0.198 e. The first kappa shape index (κ1) is 13.2. The van der Waals surface area contributed by atoms with E-state index in [2.05, 4.69) is 0 Å². The van der Waals surface area contributed by atoms with Gasteiger partial charge in [0.05, 0.1) is 5.56 Å². The molecule has 1 aliphatic carbocycles. The maximum atomic E-state index is 12.7. The zero-order valence-corrected chi connectivity index (χ0v) is 11.6. The second-order valence-electron chi connectivity index (χ2n) is 5.09. The Morgan fingerprint density at radius 3 is 2.33 bits per heavy atom. The first-order valence-electron chi connectivity index (χ1n) is 6.49. The van der Waals surface area contributed by atoms with E-state index in [0.717, 1.165) is 0 Å². The summed E-state index contributed by atoms with van der Waals surface area (Å²) < 4.78 is 0. The average Bonchev–Trinajstić information content (AvgIpc) is 2.46. The third kappa shape index (κ3) is 1.72. The van der Waals surface area contributed by atoms with Crippen molar-refractivity contribution in [3.05, 3.63) is 63.7 Å². The summed E-state index contributed by atoms with van der Waals surface area (Å²) >= 11 is 0. The van der Waals surface area contributed by atoms with Crippen molar-refractivity contribution in [3.63, 3.8) is 0 Å². The molecule has 1 aliphatic rings. The van der Waals surface area contributed by atoms with Gasteiger partial charge in [-0.05, 0) is 25.5 Å². The second kappa shape index (κ2) is 4.38. The molecule has 104 valence electrons. The van der Waals surface area contributed by atoms with Gasteiger partial charge in [-0.2, -0.15) is 0 Å². The molecule has 0 atom stereocenters. The summed E-state index contributed by atoms with van der Waals surface area (Å²) in [5, 5.41) is 9.97. The van der Waals surface area contributed by atoms with E-state index in [1.54, 1.807) is 19.1 Å². The lowest BCUT2D eigenvalue weighted by atomic mass is 9.79. The number of phenolic OH excluding ortho intramolecular Hbond substituents is 1. The number of ketones is 3. The standard InChI is InChI=1S/C17H12O4/c1-8-6-7-12(19)15-13(8)16(20)11-5-3-4-10(9(2)18)14(11)17(15)21/h3-7,19H,1-2H3. The molecule has 0 saturated carbocycles. The molecule has 0 unspecified atom stereocenters. The van der Waals surface area contributed by atoms with Crippen molar-refractivity contribution < 1.29 is 19.5 Å². The molecule has 21 heavy (non-hydrogen) atoms. The van der Waals surface area contributed by atoms with Crippen LogP contribution in [-0.2, 0) is 0 Å². The number of phenols is 1. The van der Waals surface area contributed by atoms with Crippen molar-refractivity contribution in [2.75, 3.05) is 0 Å². The van der Waals surface area contributed by atoms with Crippen LogP contribution in [0.2, 0.25) is 0 Å². The van der Waals surface area contributed by atoms with Crippen molar-refractivity contribution in [1.29, 1.82) is 0 Å². The first-order valence-corrected chi connectivity index (χ1v) is 6.49. The third-order valence-electron chi connectivity index (χ3n) is 3.76. The van der Waals surface area contributed by atoms with Gasteiger partial charge in [-0.15, -0.1) is 0 Å². The molecule has 2 aromatic carbocycles. The molecule has 0 bridgehead atoms. The fourth-order valence-corrected chi connectivity index (χ4v) is 2.76. The van der Waals surface area contributed by atoms with Crippen LogP contribution in [-0.4, -0.2) is 22.5 Å². The highest BCUT2D eigenvalue weighted by Crippen LogP contribution is 2.35. The summed E-state index contributed by atoms with van der Waals surface area (Å²) in [4.78, 5) is 37.0. The Morgan fingerprint density at radius 2 is 1.67 bits per heavy atom. The Bertz CT molecular complexity index is 831. The summed E-state index contributed by atoms with van der Waals surface area (Å²) in [6.45, 7) is 3.06. The summed E-state index contributed by atoms with van der Waals surface area (Å²) in [6, 6.07) is 7.63. The average molecular weight is 280 g/mol. The van der Waals surface area contributed by atoms with Gasteiger partial charge in [-0.3, -0.25) is 14.4 Å². The van der Waals surface area contributed by atoms with Crippen LogP contribution >= 0.6 is 0 Å². The lowest BCUT2D eigenvalue weighted by Gasteiger charge is -2.21. The number of rotatable bonds is 1. The van der Waals surface area contributed by atoms with E-state index in [0.29, 0.717) is 5.56 Å². The fourth-order valence-electron chi connectivity index (χ4n) is 2.76. The topological polar surface area (TPSA) is 71.4 Å². The molecule has 0 spiro atoms. The molecule has 4 nitrogen and oxygen atoms in total. The highest BCUT2D eigenvalue weighted by molar-refractivity contribution is 6.32. The summed E-state index contributed by atoms with van der Waals surface area (Å²) in [6.07, 6.45) is 0. The number of carbonyl (C=O) groups excluding carboxylic acids is 3. The monoisotopic (exact) mass is 280 g/mol. The number of Topliss-reactive ketones (excluding diaryl/α,β-unsaturated/α-hetero) is 1. The molecular formula is C17H12O4. The van der Waals surface area contributed by atoms with E-state index in [9.17, 15) is 19.5 Å². The molecule has 1 N–H and O–H groups in total. The number of hydrogen-bond acceptors (Lipinski definition) is 4. The molecule has 0 aromatic heterocycles.